The molecule has 1 saturated heterocycles. The summed E-state index contributed by atoms with van der Waals surface area (Å²) in [6.45, 7) is 8.07. The standard InChI is InChI=1S/C12H21FN4O/c1-9(2)12(17-4-6-18-7-5-17)11(13)8-15-10(3)16-14/h8H,4-7,14H2,1-3H3,(H,15,16)/b11-8+. The fraction of sp³-hybridized carbons (Fsp3) is 0.583. The Morgan fingerprint density at radius 2 is 1.94 bits per heavy atom. The van der Waals surface area contributed by atoms with Gasteiger partial charge in [0.15, 0.2) is 5.83 Å². The number of nitrogens with zero attached hydrogens (tertiary/aromatic N) is 2. The molecular formula is C12H21FN4O. The van der Waals surface area contributed by atoms with E-state index in [0.717, 1.165) is 5.57 Å². The van der Waals surface area contributed by atoms with Gasteiger partial charge in [-0.25, -0.2) is 15.2 Å². The van der Waals surface area contributed by atoms with Crippen LogP contribution < -0.4 is 11.3 Å². The lowest BCUT2D eigenvalue weighted by molar-refractivity contribution is 0.0530. The Kier molecular flexibility index (Phi) is 5.80. The number of hydrogen-bond donors (Lipinski definition) is 2. The van der Waals surface area contributed by atoms with E-state index in [1.807, 2.05) is 18.7 Å². The van der Waals surface area contributed by atoms with Crippen LogP contribution in [0.25, 0.3) is 0 Å². The number of nitrogens with two attached hydrogens (primary N) is 1. The first-order valence-corrected chi connectivity index (χ1v) is 5.93. The molecule has 18 heavy (non-hydrogen) atoms. The van der Waals surface area contributed by atoms with Crippen LogP contribution in [-0.2, 0) is 4.74 Å². The Balaban J connectivity index is 2.89. The summed E-state index contributed by atoms with van der Waals surface area (Å²) in [4.78, 5) is 5.87. The van der Waals surface area contributed by atoms with Gasteiger partial charge in [-0.3, -0.25) is 0 Å². The van der Waals surface area contributed by atoms with Gasteiger partial charge < -0.3 is 15.1 Å². The minimum atomic E-state index is -0.355. The average Bonchev–Trinajstić information content (AvgIpc) is 2.37. The van der Waals surface area contributed by atoms with E-state index in [1.54, 1.807) is 6.92 Å². The van der Waals surface area contributed by atoms with Crippen LogP contribution in [0.1, 0.15) is 20.8 Å². The quantitative estimate of drug-likeness (QED) is 0.263. The molecule has 0 radical (unpaired) electrons. The van der Waals surface area contributed by atoms with Crippen LogP contribution in [0.3, 0.4) is 0 Å². The summed E-state index contributed by atoms with van der Waals surface area (Å²) >= 11 is 0. The molecular weight excluding hydrogens is 235 g/mol. The van der Waals surface area contributed by atoms with Crippen molar-refractivity contribution in [2.45, 2.75) is 20.8 Å². The molecule has 3 N–H and O–H groups in total. The van der Waals surface area contributed by atoms with Gasteiger partial charge in [-0.1, -0.05) is 0 Å². The van der Waals surface area contributed by atoms with Crippen LogP contribution in [0.4, 0.5) is 4.39 Å². The van der Waals surface area contributed by atoms with Crippen molar-refractivity contribution in [3.63, 3.8) is 0 Å². The second-order valence-corrected chi connectivity index (χ2v) is 4.28. The van der Waals surface area contributed by atoms with E-state index >= 15 is 0 Å². The third kappa shape index (κ3) is 4.12. The second-order valence-electron chi connectivity index (χ2n) is 4.28. The Morgan fingerprint density at radius 1 is 1.33 bits per heavy atom. The van der Waals surface area contributed by atoms with Crippen molar-refractivity contribution in [1.82, 2.24) is 10.3 Å². The zero-order valence-electron chi connectivity index (χ0n) is 11.2. The predicted molar refractivity (Wildman–Crippen MR) is 70.4 cm³/mol. The van der Waals surface area contributed by atoms with Gasteiger partial charge in [-0.2, -0.15) is 0 Å². The summed E-state index contributed by atoms with van der Waals surface area (Å²) in [5.74, 6) is 5.27. The zero-order chi connectivity index (χ0) is 13.5. The predicted octanol–water partition coefficient (Wildman–Crippen LogP) is 1.31. The van der Waals surface area contributed by atoms with Gasteiger partial charge in [0, 0.05) is 13.1 Å². The number of rotatable bonds is 3. The van der Waals surface area contributed by atoms with Crippen molar-refractivity contribution in [2.24, 2.45) is 10.8 Å². The van der Waals surface area contributed by atoms with E-state index in [-0.39, 0.29) is 5.83 Å². The second kappa shape index (κ2) is 7.13. The van der Waals surface area contributed by atoms with Gasteiger partial charge in [0.2, 0.25) is 0 Å². The highest BCUT2D eigenvalue weighted by atomic mass is 19.1. The molecule has 1 fully saturated rings. The van der Waals surface area contributed by atoms with Crippen molar-refractivity contribution in [2.75, 3.05) is 26.3 Å². The van der Waals surface area contributed by atoms with Crippen molar-refractivity contribution in [3.05, 3.63) is 23.3 Å². The molecule has 6 heteroatoms. The highest BCUT2D eigenvalue weighted by Gasteiger charge is 2.18. The first-order chi connectivity index (χ1) is 8.56. The first kappa shape index (κ1) is 14.7. The summed E-state index contributed by atoms with van der Waals surface area (Å²) in [6, 6.07) is 0. The molecule has 0 saturated carbocycles. The molecule has 0 bridgehead atoms. The normalized spacial score (nSPS) is 17.7. The molecule has 1 rings (SSSR count). The van der Waals surface area contributed by atoms with Gasteiger partial charge >= 0.3 is 0 Å². The molecule has 0 aromatic rings. The lowest BCUT2D eigenvalue weighted by Crippen LogP contribution is -2.36. The van der Waals surface area contributed by atoms with Crippen molar-refractivity contribution >= 4 is 5.84 Å². The van der Waals surface area contributed by atoms with Crippen LogP contribution in [0, 0.1) is 0 Å². The molecule has 1 aliphatic rings. The molecule has 0 unspecified atom stereocenters. The Labute approximate surface area is 107 Å². The summed E-state index contributed by atoms with van der Waals surface area (Å²) in [6.07, 6.45) is 1.19. The molecule has 5 nitrogen and oxygen atoms in total. The van der Waals surface area contributed by atoms with E-state index in [2.05, 4.69) is 10.4 Å². The third-order valence-corrected chi connectivity index (χ3v) is 2.61. The molecule has 1 aliphatic heterocycles. The molecule has 102 valence electrons. The average molecular weight is 256 g/mol. The monoisotopic (exact) mass is 256 g/mol. The number of morpholine rings is 1. The van der Waals surface area contributed by atoms with Crippen LogP contribution >= 0.6 is 0 Å². The van der Waals surface area contributed by atoms with Crippen LogP contribution in [0.2, 0.25) is 0 Å². The lowest BCUT2D eigenvalue weighted by atomic mass is 10.2. The number of halogens is 1. The van der Waals surface area contributed by atoms with Crippen molar-refractivity contribution in [1.29, 1.82) is 0 Å². The molecule has 0 aromatic carbocycles. The minimum absolute atomic E-state index is 0.355. The molecule has 0 atom stereocenters. The Bertz CT molecular complexity index is 366. The van der Waals surface area contributed by atoms with Crippen molar-refractivity contribution in [3.8, 4) is 0 Å². The van der Waals surface area contributed by atoms with Gasteiger partial charge in [0.1, 0.15) is 5.84 Å². The lowest BCUT2D eigenvalue weighted by Gasteiger charge is -2.31. The number of nitrogens with one attached hydrogen (secondary N) is 1. The number of hydrogen-bond acceptors (Lipinski definition) is 4. The Morgan fingerprint density at radius 3 is 2.44 bits per heavy atom. The third-order valence-electron chi connectivity index (χ3n) is 2.61. The number of hydrazine groups is 1. The molecule has 1 heterocycles. The van der Waals surface area contributed by atoms with Crippen LogP contribution in [0.15, 0.2) is 28.3 Å². The summed E-state index contributed by atoms with van der Waals surface area (Å²) in [5, 5.41) is 0. The smallest absolute Gasteiger partial charge is 0.164 e. The molecule has 0 amide bonds. The van der Waals surface area contributed by atoms with Crippen LogP contribution in [0.5, 0.6) is 0 Å². The number of aliphatic imine (C=N–C) groups is 1. The van der Waals surface area contributed by atoms with Crippen molar-refractivity contribution < 1.29 is 9.13 Å². The van der Waals surface area contributed by atoms with E-state index in [1.165, 1.54) is 6.20 Å². The summed E-state index contributed by atoms with van der Waals surface area (Å²) in [5.41, 5.74) is 3.86. The largest absolute Gasteiger partial charge is 0.378 e. The van der Waals surface area contributed by atoms with Gasteiger partial charge in [-0.05, 0) is 26.3 Å². The molecule has 0 aromatic heterocycles. The first-order valence-electron chi connectivity index (χ1n) is 5.93. The highest BCUT2D eigenvalue weighted by molar-refractivity contribution is 5.79. The van der Waals surface area contributed by atoms with E-state index in [0.29, 0.717) is 37.8 Å². The van der Waals surface area contributed by atoms with Gasteiger partial charge in [0.25, 0.3) is 0 Å². The van der Waals surface area contributed by atoms with E-state index < -0.39 is 0 Å². The maximum absolute atomic E-state index is 14.1. The Hall–Kier alpha value is -1.40. The fourth-order valence-corrected chi connectivity index (χ4v) is 1.74. The number of allylic oxidation sites excluding steroid dienone is 2. The summed E-state index contributed by atoms with van der Waals surface area (Å²) < 4.78 is 19.4. The van der Waals surface area contributed by atoms with E-state index in [4.69, 9.17) is 10.6 Å². The fourth-order valence-electron chi connectivity index (χ4n) is 1.74. The van der Waals surface area contributed by atoms with Crippen LogP contribution in [-0.4, -0.2) is 37.0 Å². The summed E-state index contributed by atoms with van der Waals surface area (Å²) in [7, 11) is 0. The maximum Gasteiger partial charge on any atom is 0.164 e. The highest BCUT2D eigenvalue weighted by Crippen LogP contribution is 2.22. The van der Waals surface area contributed by atoms with Gasteiger partial charge in [0.05, 0.1) is 25.1 Å². The SMILES string of the molecule is CC(=N/C=C(/F)C(=C(C)C)N1CCOCC1)NN. The molecule has 0 spiro atoms. The maximum atomic E-state index is 14.1. The zero-order valence-corrected chi connectivity index (χ0v) is 11.2. The minimum Gasteiger partial charge on any atom is -0.378 e. The number of ether oxygens (including phenoxy) is 1. The number of amidine groups is 1. The topological polar surface area (TPSA) is 62.9 Å². The van der Waals surface area contributed by atoms with E-state index in [9.17, 15) is 4.39 Å². The van der Waals surface area contributed by atoms with Gasteiger partial charge in [-0.15, -0.1) is 0 Å². The molecule has 0 aliphatic carbocycles.